The van der Waals surface area contributed by atoms with Crippen LogP contribution < -0.4 is 20.7 Å². The van der Waals surface area contributed by atoms with Crippen LogP contribution in [0.5, 0.6) is 5.75 Å². The molecule has 68 heavy (non-hydrogen) atoms. The molecule has 5 heterocycles. The van der Waals surface area contributed by atoms with E-state index in [-0.39, 0.29) is 42.1 Å². The zero-order valence-corrected chi connectivity index (χ0v) is 39.0. The average Bonchev–Trinajstić information content (AvgIpc) is 3.99. The highest BCUT2D eigenvalue weighted by Gasteiger charge is 2.45. The van der Waals surface area contributed by atoms with Crippen LogP contribution in [0.3, 0.4) is 0 Å². The largest absolute Gasteiger partial charge is 0.494 e. The minimum atomic E-state index is -1.03. The number of aromatic nitrogens is 4. The van der Waals surface area contributed by atoms with Gasteiger partial charge in [-0.2, -0.15) is 0 Å². The Bertz CT molecular complexity index is 2720. The van der Waals surface area contributed by atoms with Crippen molar-refractivity contribution in [2.24, 2.45) is 0 Å². The molecule has 3 aromatic carbocycles. The lowest BCUT2D eigenvalue weighted by Gasteiger charge is -2.27. The van der Waals surface area contributed by atoms with Crippen LogP contribution >= 0.6 is 11.6 Å². The molecular weight excluding hydrogens is 894 g/mol. The molecule has 1 unspecified atom stereocenters. The van der Waals surface area contributed by atoms with E-state index in [1.54, 1.807) is 24.4 Å². The lowest BCUT2D eigenvalue weighted by Crippen LogP contribution is -2.54. The predicted octanol–water partition coefficient (Wildman–Crippen LogP) is 5.40. The number of piperidine rings is 1. The molecule has 0 bridgehead atoms. The molecule has 2 saturated heterocycles. The number of para-hydroxylation sites is 1. The Morgan fingerprint density at radius 3 is 2.41 bits per heavy atom. The highest BCUT2D eigenvalue weighted by atomic mass is 35.5. The summed E-state index contributed by atoms with van der Waals surface area (Å²) in [5.74, 6) is -2.70. The van der Waals surface area contributed by atoms with Crippen molar-refractivity contribution in [2.45, 2.75) is 84.3 Å². The predicted molar refractivity (Wildman–Crippen MR) is 253 cm³/mol. The Morgan fingerprint density at radius 2 is 1.66 bits per heavy atom. The van der Waals surface area contributed by atoms with Crippen molar-refractivity contribution >= 4 is 63.7 Å². The van der Waals surface area contributed by atoms with Gasteiger partial charge in [-0.25, -0.2) is 9.48 Å². The van der Waals surface area contributed by atoms with Crippen LogP contribution in [0.4, 0.5) is 5.69 Å². The first-order chi connectivity index (χ1) is 32.9. The quantitative estimate of drug-likeness (QED) is 0.0536. The lowest BCUT2D eigenvalue weighted by atomic mass is 10.0. The molecule has 0 spiro atoms. The molecule has 2 aromatic heterocycles. The van der Waals surface area contributed by atoms with Crippen LogP contribution in [0, 0.1) is 13.8 Å². The van der Waals surface area contributed by atoms with Gasteiger partial charge in [-0.1, -0.05) is 53.9 Å². The van der Waals surface area contributed by atoms with Gasteiger partial charge in [0, 0.05) is 67.3 Å². The number of hydrogen-bond donors (Lipinski definition) is 4. The third kappa shape index (κ3) is 10.6. The third-order valence-corrected chi connectivity index (χ3v) is 13.3. The van der Waals surface area contributed by atoms with Gasteiger partial charge in [-0.15, -0.1) is 5.10 Å². The first kappa shape index (κ1) is 47.8. The summed E-state index contributed by atoms with van der Waals surface area (Å²) in [6.07, 6.45) is 6.11. The summed E-state index contributed by atoms with van der Waals surface area (Å²) in [6.45, 7) is 9.07. The number of fused-ring (bicyclic) bond motifs is 2. The molecule has 3 aliphatic heterocycles. The number of amides is 5. The van der Waals surface area contributed by atoms with Gasteiger partial charge in [-0.05, 0) is 86.9 Å². The zero-order chi connectivity index (χ0) is 47.9. The summed E-state index contributed by atoms with van der Waals surface area (Å²) in [6, 6.07) is 13.5. The summed E-state index contributed by atoms with van der Waals surface area (Å²) in [4.78, 5) is 80.0. The van der Waals surface area contributed by atoms with Gasteiger partial charge in [-0.3, -0.25) is 39.1 Å². The molecule has 4 N–H and O–H groups in total. The maximum atomic E-state index is 13.4. The van der Waals surface area contributed by atoms with Gasteiger partial charge in [0.05, 0.1) is 42.7 Å². The second-order valence-corrected chi connectivity index (χ2v) is 17.8. The van der Waals surface area contributed by atoms with Crippen LogP contribution in [-0.4, -0.2) is 129 Å². The summed E-state index contributed by atoms with van der Waals surface area (Å²) >= 11 is 6.36. The van der Waals surface area contributed by atoms with Crippen LogP contribution in [0.1, 0.15) is 92.8 Å². The zero-order valence-electron chi connectivity index (χ0n) is 38.3. The number of morpholine rings is 1. The van der Waals surface area contributed by atoms with E-state index in [1.165, 1.54) is 4.68 Å². The molecule has 0 saturated carbocycles. The molecule has 2 fully saturated rings. The van der Waals surface area contributed by atoms with Crippen molar-refractivity contribution in [1.29, 1.82) is 0 Å². The molecule has 19 heteroatoms. The number of aromatic carboxylic acids is 1. The molecule has 8 rings (SSSR count). The number of halogens is 1. The van der Waals surface area contributed by atoms with Crippen LogP contribution in [-0.2, 0) is 38.6 Å². The maximum Gasteiger partial charge on any atom is 0.352 e. The van der Waals surface area contributed by atoms with Crippen molar-refractivity contribution in [1.82, 2.24) is 40.0 Å². The number of benzene rings is 3. The summed E-state index contributed by atoms with van der Waals surface area (Å²) in [5, 5.41) is 29.4. The molecule has 358 valence electrons. The molecule has 5 amide bonds. The van der Waals surface area contributed by atoms with Crippen LogP contribution in [0.2, 0.25) is 5.02 Å². The van der Waals surface area contributed by atoms with Gasteiger partial charge in [0.2, 0.25) is 17.7 Å². The molecule has 18 nitrogen and oxygen atoms in total. The Hall–Kier alpha value is -6.63. The van der Waals surface area contributed by atoms with Crippen LogP contribution in [0.25, 0.3) is 22.2 Å². The number of rotatable bonds is 21. The molecule has 1 atom stereocenters. The number of ether oxygens (including phenoxy) is 2. The first-order valence-corrected chi connectivity index (χ1v) is 23.6. The number of nitrogens with zero attached hydrogens (tertiary/aromatic N) is 6. The van der Waals surface area contributed by atoms with Crippen molar-refractivity contribution in [3.05, 3.63) is 93.3 Å². The summed E-state index contributed by atoms with van der Waals surface area (Å²) < 4.78 is 15.0. The maximum absolute atomic E-state index is 13.4. The van der Waals surface area contributed by atoms with Crippen molar-refractivity contribution in [3.63, 3.8) is 0 Å². The molecule has 0 radical (unpaired) electrons. The number of aryl methyl sites for hydroxylation is 3. The standard InChI is InChI=1S/C49H56ClN9O9/c1-30-26-32(27-31(2)43(30)50)68-23-9-13-34-33-10-7-11-35(44(33)58(45(34)49(65)66)20-19-56-21-24-67-25-22-56)38-28-57(55-54-38)29-41(61)52-18-6-4-3-5-17-51-37-14-8-12-36-42(37)48(64)59(47(36)63)39-15-16-40(60)53-46(39)62/h7-8,10-12,14,26-28,39,51H,3-6,9,13,15-25,29H2,1-2H3,(H,52,61)(H,65,66)(H,53,60,62). The molecule has 5 aromatic rings. The fourth-order valence-corrected chi connectivity index (χ4v) is 9.43. The van der Waals surface area contributed by atoms with Gasteiger partial charge < -0.3 is 29.8 Å². The van der Waals surface area contributed by atoms with Crippen molar-refractivity contribution < 1.29 is 43.3 Å². The van der Waals surface area contributed by atoms with Crippen molar-refractivity contribution in [3.8, 4) is 17.0 Å². The number of anilines is 1. The average molecular weight is 950 g/mol. The number of carbonyl (C=O) groups is 6. The monoisotopic (exact) mass is 949 g/mol. The fourth-order valence-electron chi connectivity index (χ4n) is 9.32. The van der Waals surface area contributed by atoms with E-state index < -0.39 is 35.6 Å². The van der Waals surface area contributed by atoms with E-state index in [9.17, 15) is 33.9 Å². The normalized spacial score (nSPS) is 16.3. The number of carboxylic acid groups (broad SMARTS) is 1. The molecular formula is C49H56ClN9O9. The highest BCUT2D eigenvalue weighted by molar-refractivity contribution is 6.32. The summed E-state index contributed by atoms with van der Waals surface area (Å²) in [5.41, 5.74) is 5.76. The number of nitrogens with one attached hydrogen (secondary N) is 3. The minimum absolute atomic E-state index is 0.0488. The Labute approximate surface area is 398 Å². The van der Waals surface area contributed by atoms with E-state index in [0.717, 1.165) is 71.3 Å². The molecule has 0 aliphatic carbocycles. The third-order valence-electron chi connectivity index (χ3n) is 12.7. The Balaban J connectivity index is 0.850. The van der Waals surface area contributed by atoms with Gasteiger partial charge in [0.1, 0.15) is 29.7 Å². The smallest absolute Gasteiger partial charge is 0.352 e. The van der Waals surface area contributed by atoms with Gasteiger partial charge in [0.25, 0.3) is 11.8 Å². The van der Waals surface area contributed by atoms with E-state index in [4.69, 9.17) is 21.1 Å². The number of imide groups is 2. The van der Waals surface area contributed by atoms with E-state index in [2.05, 4.69) is 31.2 Å². The second-order valence-electron chi connectivity index (χ2n) is 17.4. The Morgan fingerprint density at radius 1 is 0.926 bits per heavy atom. The number of carbonyl (C=O) groups excluding carboxylic acids is 5. The SMILES string of the molecule is Cc1cc(OCCCc2c(C(=O)O)n(CCN3CCOCC3)c3c(-c4cn(CC(=O)NCCCCCCNc5cccc6c5C(=O)N(C5CCC(=O)NC5=O)C6=O)nn4)cccc23)cc(C)c1Cl. The topological polar surface area (TPSA) is 219 Å². The Kier molecular flexibility index (Phi) is 15.2. The van der Waals surface area contributed by atoms with Crippen molar-refractivity contribution in [2.75, 3.05) is 57.9 Å². The first-order valence-electron chi connectivity index (χ1n) is 23.2. The minimum Gasteiger partial charge on any atom is -0.494 e. The number of unbranched alkanes of at least 4 members (excludes halogenated alkanes) is 3. The van der Waals surface area contributed by atoms with E-state index in [0.29, 0.717) is 86.6 Å². The number of carboxylic acids is 1. The second kappa shape index (κ2) is 21.5. The van der Waals surface area contributed by atoms with E-state index >= 15 is 0 Å². The van der Waals surface area contributed by atoms with Gasteiger partial charge in [0.15, 0.2) is 0 Å². The van der Waals surface area contributed by atoms with Gasteiger partial charge >= 0.3 is 5.97 Å². The lowest BCUT2D eigenvalue weighted by molar-refractivity contribution is -0.136. The van der Waals surface area contributed by atoms with Crippen LogP contribution in [0.15, 0.2) is 54.7 Å². The highest BCUT2D eigenvalue weighted by Crippen LogP contribution is 2.36. The van der Waals surface area contributed by atoms with E-state index in [1.807, 2.05) is 48.7 Å². The summed E-state index contributed by atoms with van der Waals surface area (Å²) in [7, 11) is 0. The molecule has 3 aliphatic rings. The number of hydrogen-bond acceptors (Lipinski definition) is 12. The fraction of sp³-hybridized carbons (Fsp3) is 0.429.